The van der Waals surface area contributed by atoms with Crippen molar-refractivity contribution in [1.82, 2.24) is 5.32 Å². The van der Waals surface area contributed by atoms with Gasteiger partial charge in [0.1, 0.15) is 5.75 Å². The average molecular weight is 290 g/mol. The Morgan fingerprint density at radius 2 is 2.10 bits per heavy atom. The summed E-state index contributed by atoms with van der Waals surface area (Å²) in [7, 11) is 1.67. The number of amides is 1. The predicted molar refractivity (Wildman–Crippen MR) is 84.5 cm³/mol. The summed E-state index contributed by atoms with van der Waals surface area (Å²) in [6, 6.07) is 6.12. The fourth-order valence-corrected chi connectivity index (χ4v) is 3.16. The first-order valence-corrected chi connectivity index (χ1v) is 7.69. The molecule has 1 aliphatic carbocycles. The zero-order valence-electron chi connectivity index (χ0n) is 13.2. The highest BCUT2D eigenvalue weighted by atomic mass is 16.5. The summed E-state index contributed by atoms with van der Waals surface area (Å²) < 4.78 is 5.42. The largest absolute Gasteiger partial charge is 0.496 e. The Labute approximate surface area is 127 Å². The van der Waals surface area contributed by atoms with E-state index in [9.17, 15) is 4.79 Å². The average Bonchev–Trinajstić information content (AvgIpc) is 2.98. The van der Waals surface area contributed by atoms with E-state index >= 15 is 0 Å². The lowest BCUT2D eigenvalue weighted by atomic mass is 9.77. The minimum Gasteiger partial charge on any atom is -0.496 e. The van der Waals surface area contributed by atoms with Crippen LogP contribution in [0.1, 0.15) is 43.7 Å². The lowest BCUT2D eigenvalue weighted by molar-refractivity contribution is -0.127. The van der Waals surface area contributed by atoms with Gasteiger partial charge in [-0.2, -0.15) is 0 Å². The zero-order chi connectivity index (χ0) is 15.5. The van der Waals surface area contributed by atoms with Crippen LogP contribution in [-0.4, -0.2) is 25.6 Å². The van der Waals surface area contributed by atoms with Crippen molar-refractivity contribution in [3.05, 3.63) is 29.3 Å². The molecule has 0 radical (unpaired) electrons. The molecule has 1 fully saturated rings. The van der Waals surface area contributed by atoms with Crippen LogP contribution in [-0.2, 0) is 10.2 Å². The smallest absolute Gasteiger partial charge is 0.230 e. The van der Waals surface area contributed by atoms with Crippen molar-refractivity contribution in [3.8, 4) is 5.75 Å². The third-order valence-electron chi connectivity index (χ3n) is 4.58. The number of ether oxygens (including phenoxy) is 1. The molecule has 0 heterocycles. The van der Waals surface area contributed by atoms with E-state index in [4.69, 9.17) is 10.5 Å². The second kappa shape index (κ2) is 6.48. The first-order chi connectivity index (χ1) is 10.0. The number of carbonyl (C=O) groups excluding carboxylic acids is 1. The molecule has 3 N–H and O–H groups in total. The second-order valence-corrected chi connectivity index (χ2v) is 6.08. The van der Waals surface area contributed by atoms with Gasteiger partial charge in [-0.25, -0.2) is 0 Å². The van der Waals surface area contributed by atoms with Crippen molar-refractivity contribution in [1.29, 1.82) is 0 Å². The van der Waals surface area contributed by atoms with Crippen LogP contribution in [0.15, 0.2) is 18.2 Å². The fraction of sp³-hybridized carbons (Fsp3) is 0.588. The molecule has 0 unspecified atom stereocenters. The lowest BCUT2D eigenvalue weighted by Crippen LogP contribution is -2.48. The Hall–Kier alpha value is -1.55. The molecule has 0 spiro atoms. The maximum Gasteiger partial charge on any atom is 0.230 e. The van der Waals surface area contributed by atoms with Crippen LogP contribution in [0, 0.1) is 6.92 Å². The standard InChI is InChI=1S/C17H26N2O2/c1-12-6-7-14(10-15(12)21-3)17(8-4-5-9-17)16(20)19-13(2)11-18/h6-7,10,13H,4-5,8-9,11,18H2,1-3H3,(H,19,20)/t13-/m0/s1. The normalized spacial score (nSPS) is 18.3. The summed E-state index contributed by atoms with van der Waals surface area (Å²) in [6.45, 7) is 4.41. The molecule has 1 saturated carbocycles. The van der Waals surface area contributed by atoms with Gasteiger partial charge >= 0.3 is 0 Å². The quantitative estimate of drug-likeness (QED) is 0.874. The van der Waals surface area contributed by atoms with E-state index in [1.165, 1.54) is 0 Å². The molecular formula is C17H26N2O2. The van der Waals surface area contributed by atoms with Crippen LogP contribution < -0.4 is 15.8 Å². The Balaban J connectivity index is 2.36. The molecule has 1 atom stereocenters. The monoisotopic (exact) mass is 290 g/mol. The summed E-state index contributed by atoms with van der Waals surface area (Å²) in [6.07, 6.45) is 3.95. The SMILES string of the molecule is COc1cc(C2(C(=O)N[C@@H](C)CN)CCCC2)ccc1C. The summed E-state index contributed by atoms with van der Waals surface area (Å²) in [4.78, 5) is 12.8. The van der Waals surface area contributed by atoms with Crippen LogP contribution in [0.4, 0.5) is 0 Å². The third kappa shape index (κ3) is 3.05. The minimum atomic E-state index is -0.426. The molecule has 1 amide bonds. The molecule has 116 valence electrons. The Kier molecular flexibility index (Phi) is 4.88. The highest BCUT2D eigenvalue weighted by Crippen LogP contribution is 2.42. The van der Waals surface area contributed by atoms with Gasteiger partial charge in [-0.15, -0.1) is 0 Å². The van der Waals surface area contributed by atoms with Crippen molar-refractivity contribution < 1.29 is 9.53 Å². The second-order valence-electron chi connectivity index (χ2n) is 6.08. The summed E-state index contributed by atoms with van der Waals surface area (Å²) in [5, 5.41) is 3.06. The number of hydrogen-bond acceptors (Lipinski definition) is 3. The summed E-state index contributed by atoms with van der Waals surface area (Å²) in [5.41, 5.74) is 7.35. The van der Waals surface area contributed by atoms with Gasteiger partial charge in [0.25, 0.3) is 0 Å². The number of benzene rings is 1. The van der Waals surface area contributed by atoms with E-state index in [0.29, 0.717) is 6.54 Å². The number of rotatable bonds is 5. The van der Waals surface area contributed by atoms with Gasteiger partial charge in [0.2, 0.25) is 5.91 Å². The molecule has 0 saturated heterocycles. The highest BCUT2D eigenvalue weighted by Gasteiger charge is 2.43. The Morgan fingerprint density at radius 3 is 2.67 bits per heavy atom. The van der Waals surface area contributed by atoms with Gasteiger partial charge in [0.15, 0.2) is 0 Å². The van der Waals surface area contributed by atoms with Crippen molar-refractivity contribution in [3.63, 3.8) is 0 Å². The molecule has 0 bridgehead atoms. The minimum absolute atomic E-state index is 0.00215. The van der Waals surface area contributed by atoms with E-state index in [2.05, 4.69) is 11.4 Å². The first-order valence-electron chi connectivity index (χ1n) is 7.69. The molecule has 21 heavy (non-hydrogen) atoms. The summed E-state index contributed by atoms with van der Waals surface area (Å²) in [5.74, 6) is 0.947. The van der Waals surface area contributed by atoms with Gasteiger partial charge in [0, 0.05) is 12.6 Å². The molecule has 1 aromatic carbocycles. The van der Waals surface area contributed by atoms with Crippen LogP contribution in [0.2, 0.25) is 0 Å². The molecule has 4 nitrogen and oxygen atoms in total. The number of nitrogens with two attached hydrogens (primary N) is 1. The van der Waals surface area contributed by atoms with E-state index in [1.807, 2.05) is 26.0 Å². The van der Waals surface area contributed by atoms with E-state index in [-0.39, 0.29) is 11.9 Å². The Bertz CT molecular complexity index is 508. The molecular weight excluding hydrogens is 264 g/mol. The van der Waals surface area contributed by atoms with Gasteiger partial charge in [-0.1, -0.05) is 25.0 Å². The van der Waals surface area contributed by atoms with Crippen molar-refractivity contribution in [2.24, 2.45) is 5.73 Å². The molecule has 2 rings (SSSR count). The van der Waals surface area contributed by atoms with Gasteiger partial charge in [-0.3, -0.25) is 4.79 Å². The third-order valence-corrected chi connectivity index (χ3v) is 4.58. The van der Waals surface area contributed by atoms with Gasteiger partial charge in [-0.05, 0) is 43.9 Å². The highest BCUT2D eigenvalue weighted by molar-refractivity contribution is 5.89. The number of aryl methyl sites for hydroxylation is 1. The number of methoxy groups -OCH3 is 1. The van der Waals surface area contributed by atoms with E-state index in [0.717, 1.165) is 42.6 Å². The maximum atomic E-state index is 12.8. The lowest BCUT2D eigenvalue weighted by Gasteiger charge is -2.30. The Morgan fingerprint density at radius 1 is 1.43 bits per heavy atom. The fourth-order valence-electron chi connectivity index (χ4n) is 3.16. The molecule has 0 aromatic heterocycles. The topological polar surface area (TPSA) is 64.3 Å². The maximum absolute atomic E-state index is 12.8. The van der Waals surface area contributed by atoms with Crippen LogP contribution >= 0.6 is 0 Å². The van der Waals surface area contributed by atoms with Crippen molar-refractivity contribution in [2.45, 2.75) is 51.0 Å². The number of nitrogens with one attached hydrogen (secondary N) is 1. The van der Waals surface area contributed by atoms with E-state index in [1.54, 1.807) is 7.11 Å². The van der Waals surface area contributed by atoms with Gasteiger partial charge < -0.3 is 15.8 Å². The number of carbonyl (C=O) groups is 1. The van der Waals surface area contributed by atoms with Crippen molar-refractivity contribution >= 4 is 5.91 Å². The van der Waals surface area contributed by atoms with E-state index < -0.39 is 5.41 Å². The molecule has 1 aromatic rings. The first kappa shape index (κ1) is 15.8. The molecule has 0 aliphatic heterocycles. The zero-order valence-corrected chi connectivity index (χ0v) is 13.2. The predicted octanol–water partition coefficient (Wildman–Crippen LogP) is 2.28. The van der Waals surface area contributed by atoms with Crippen LogP contribution in [0.5, 0.6) is 5.75 Å². The summed E-state index contributed by atoms with van der Waals surface area (Å²) >= 11 is 0. The van der Waals surface area contributed by atoms with Crippen LogP contribution in [0.25, 0.3) is 0 Å². The van der Waals surface area contributed by atoms with Crippen LogP contribution in [0.3, 0.4) is 0 Å². The molecule has 1 aliphatic rings. The number of hydrogen-bond donors (Lipinski definition) is 2. The van der Waals surface area contributed by atoms with Crippen molar-refractivity contribution in [2.75, 3.05) is 13.7 Å². The van der Waals surface area contributed by atoms with Gasteiger partial charge in [0.05, 0.1) is 12.5 Å². The molecule has 4 heteroatoms.